The first-order valence-corrected chi connectivity index (χ1v) is 9.34. The highest BCUT2D eigenvalue weighted by molar-refractivity contribution is 7.89. The number of hydrogen-bond donors (Lipinski definition) is 1. The Morgan fingerprint density at radius 1 is 1.20 bits per heavy atom. The van der Waals surface area contributed by atoms with Crippen molar-refractivity contribution >= 4 is 15.9 Å². The highest BCUT2D eigenvalue weighted by Crippen LogP contribution is 2.37. The van der Waals surface area contributed by atoms with Crippen LogP contribution in [0.15, 0.2) is 48.5 Å². The molecule has 1 heterocycles. The number of hydrogen-bond acceptors (Lipinski definition) is 5. The van der Waals surface area contributed by atoms with Crippen LogP contribution in [0.2, 0.25) is 0 Å². The summed E-state index contributed by atoms with van der Waals surface area (Å²) in [7, 11) is -3.86. The summed E-state index contributed by atoms with van der Waals surface area (Å²) in [6.45, 7) is 1.82. The van der Waals surface area contributed by atoms with Gasteiger partial charge >= 0.3 is 0 Å². The van der Waals surface area contributed by atoms with E-state index in [1.165, 1.54) is 12.1 Å². The largest absolute Gasteiger partial charge is 0.480 e. The van der Waals surface area contributed by atoms with E-state index in [0.717, 1.165) is 5.56 Å². The lowest BCUT2D eigenvalue weighted by Gasteiger charge is -2.15. The molecule has 128 valence electrons. The van der Waals surface area contributed by atoms with Gasteiger partial charge in [0.1, 0.15) is 5.75 Å². The topological polar surface area (TPSA) is 96.3 Å². The van der Waals surface area contributed by atoms with Gasteiger partial charge in [0.2, 0.25) is 10.0 Å². The maximum absolute atomic E-state index is 12.4. The van der Waals surface area contributed by atoms with Crippen molar-refractivity contribution < 1.29 is 17.9 Å². The number of amides is 1. The first kappa shape index (κ1) is 17.0. The maximum Gasteiger partial charge on any atom is 0.275 e. The van der Waals surface area contributed by atoms with Crippen molar-refractivity contribution in [1.82, 2.24) is 4.72 Å². The van der Waals surface area contributed by atoms with E-state index in [1.807, 2.05) is 25.1 Å². The number of fused-ring (bicyclic) bond motifs is 1. The molecular weight excluding hydrogens is 340 g/mol. The van der Waals surface area contributed by atoms with E-state index in [2.05, 4.69) is 4.72 Å². The van der Waals surface area contributed by atoms with Crippen molar-refractivity contribution in [3.8, 4) is 11.8 Å². The zero-order valence-corrected chi connectivity index (χ0v) is 14.3. The second kappa shape index (κ2) is 6.57. The summed E-state index contributed by atoms with van der Waals surface area (Å²) in [6, 6.07) is 15.4. The van der Waals surface area contributed by atoms with Gasteiger partial charge in [-0.05, 0) is 23.8 Å². The summed E-state index contributed by atoms with van der Waals surface area (Å²) in [5.74, 6) is -0.670. The molecule has 2 aromatic carbocycles. The van der Waals surface area contributed by atoms with Crippen LogP contribution in [0, 0.1) is 11.3 Å². The monoisotopic (exact) mass is 356 g/mol. The van der Waals surface area contributed by atoms with Gasteiger partial charge in [-0.2, -0.15) is 5.26 Å². The minimum Gasteiger partial charge on any atom is -0.480 e. The molecule has 0 spiro atoms. The Bertz CT molecular complexity index is 946. The lowest BCUT2D eigenvalue weighted by Crippen LogP contribution is -2.42. The van der Waals surface area contributed by atoms with Gasteiger partial charge in [-0.3, -0.25) is 4.79 Å². The Hall–Kier alpha value is -2.85. The second-order valence-corrected chi connectivity index (χ2v) is 7.62. The van der Waals surface area contributed by atoms with E-state index >= 15 is 0 Å². The van der Waals surface area contributed by atoms with E-state index in [9.17, 15) is 13.2 Å². The molecule has 6 nitrogen and oxygen atoms in total. The molecule has 2 aromatic rings. The molecule has 1 N–H and O–H groups in total. The van der Waals surface area contributed by atoms with E-state index in [-0.39, 0.29) is 11.7 Å². The summed E-state index contributed by atoms with van der Waals surface area (Å²) in [4.78, 5) is 12.4. The second-order valence-electron chi connectivity index (χ2n) is 5.90. The number of carbonyl (C=O) groups excluding carboxylic acids is 1. The van der Waals surface area contributed by atoms with Gasteiger partial charge in [0.15, 0.2) is 6.10 Å². The van der Waals surface area contributed by atoms with Gasteiger partial charge in [0.25, 0.3) is 5.91 Å². The van der Waals surface area contributed by atoms with Gasteiger partial charge in [0, 0.05) is 11.5 Å². The van der Waals surface area contributed by atoms with Crippen LogP contribution < -0.4 is 9.46 Å². The number of carbonyl (C=O) groups is 1. The fourth-order valence-corrected chi connectivity index (χ4v) is 3.92. The first-order valence-electron chi connectivity index (χ1n) is 7.68. The number of nitrogens with zero attached hydrogens (tertiary/aromatic N) is 1. The van der Waals surface area contributed by atoms with Crippen molar-refractivity contribution in [1.29, 1.82) is 5.26 Å². The van der Waals surface area contributed by atoms with E-state index < -0.39 is 22.0 Å². The Morgan fingerprint density at radius 2 is 1.88 bits per heavy atom. The Morgan fingerprint density at radius 3 is 2.52 bits per heavy atom. The molecule has 1 aliphatic heterocycles. The SMILES string of the molecule is C[C@@H]1c2ccccc2O[C@@H]1C(=O)NS(=O)(=O)Cc1ccc(C#N)cc1. The normalized spacial score (nSPS) is 18.7. The van der Waals surface area contributed by atoms with Crippen molar-refractivity contribution in [3.63, 3.8) is 0 Å². The molecule has 0 saturated carbocycles. The maximum atomic E-state index is 12.4. The fraction of sp³-hybridized carbons (Fsp3) is 0.222. The van der Waals surface area contributed by atoms with Crippen LogP contribution in [-0.4, -0.2) is 20.4 Å². The minimum absolute atomic E-state index is 0.235. The summed E-state index contributed by atoms with van der Waals surface area (Å²) in [6.07, 6.45) is -0.881. The van der Waals surface area contributed by atoms with Crippen LogP contribution in [-0.2, 0) is 20.6 Å². The molecule has 3 rings (SSSR count). The average Bonchev–Trinajstić information content (AvgIpc) is 2.92. The van der Waals surface area contributed by atoms with Crippen molar-refractivity contribution in [2.75, 3.05) is 0 Å². The highest BCUT2D eigenvalue weighted by atomic mass is 32.2. The van der Waals surface area contributed by atoms with Gasteiger partial charge in [0.05, 0.1) is 17.4 Å². The van der Waals surface area contributed by atoms with E-state index in [4.69, 9.17) is 10.00 Å². The summed E-state index contributed by atoms with van der Waals surface area (Å²) >= 11 is 0. The predicted octanol–water partition coefficient (Wildman–Crippen LogP) is 2.07. The van der Waals surface area contributed by atoms with Crippen LogP contribution in [0.4, 0.5) is 0 Å². The van der Waals surface area contributed by atoms with Crippen LogP contribution >= 0.6 is 0 Å². The van der Waals surface area contributed by atoms with Crippen molar-refractivity contribution in [2.24, 2.45) is 0 Å². The van der Waals surface area contributed by atoms with Crippen LogP contribution in [0.3, 0.4) is 0 Å². The zero-order valence-electron chi connectivity index (χ0n) is 13.5. The number of sulfonamides is 1. The Labute approximate surface area is 146 Å². The molecule has 1 aliphatic rings. The molecule has 0 bridgehead atoms. The number of nitriles is 1. The third kappa shape index (κ3) is 3.64. The molecule has 7 heteroatoms. The molecule has 25 heavy (non-hydrogen) atoms. The zero-order chi connectivity index (χ0) is 18.0. The van der Waals surface area contributed by atoms with Crippen LogP contribution in [0.5, 0.6) is 5.75 Å². The first-order chi connectivity index (χ1) is 11.9. The van der Waals surface area contributed by atoms with Gasteiger partial charge in [-0.15, -0.1) is 0 Å². The van der Waals surface area contributed by atoms with Gasteiger partial charge in [-0.1, -0.05) is 37.3 Å². The number of rotatable bonds is 4. The Kier molecular flexibility index (Phi) is 4.47. The number of benzene rings is 2. The molecule has 2 atom stereocenters. The molecule has 0 saturated heterocycles. The minimum atomic E-state index is -3.86. The third-order valence-corrected chi connectivity index (χ3v) is 5.30. The molecule has 0 fully saturated rings. The predicted molar refractivity (Wildman–Crippen MR) is 91.2 cm³/mol. The molecule has 0 aliphatic carbocycles. The Balaban J connectivity index is 1.69. The number of ether oxygens (including phenoxy) is 1. The summed E-state index contributed by atoms with van der Waals surface area (Å²) < 4.78 is 32.2. The molecule has 0 radical (unpaired) electrons. The molecular formula is C18H16N2O4S. The molecule has 1 amide bonds. The van der Waals surface area contributed by atoms with Gasteiger partial charge < -0.3 is 4.74 Å². The molecule has 0 unspecified atom stereocenters. The smallest absolute Gasteiger partial charge is 0.275 e. The van der Waals surface area contributed by atoms with Gasteiger partial charge in [-0.25, -0.2) is 13.1 Å². The molecule has 0 aromatic heterocycles. The summed E-state index contributed by atoms with van der Waals surface area (Å²) in [5.41, 5.74) is 1.81. The van der Waals surface area contributed by atoms with Crippen molar-refractivity contribution in [3.05, 3.63) is 65.2 Å². The van der Waals surface area contributed by atoms with E-state index in [1.54, 1.807) is 24.3 Å². The number of nitrogens with one attached hydrogen (secondary N) is 1. The number of para-hydroxylation sites is 1. The van der Waals surface area contributed by atoms with Crippen molar-refractivity contribution in [2.45, 2.75) is 24.7 Å². The third-order valence-electron chi connectivity index (χ3n) is 4.07. The van der Waals surface area contributed by atoms with Crippen LogP contribution in [0.1, 0.15) is 29.5 Å². The quantitative estimate of drug-likeness (QED) is 0.905. The highest BCUT2D eigenvalue weighted by Gasteiger charge is 2.37. The lowest BCUT2D eigenvalue weighted by molar-refractivity contribution is -0.126. The average molecular weight is 356 g/mol. The summed E-state index contributed by atoms with van der Waals surface area (Å²) in [5, 5.41) is 8.76. The fourth-order valence-electron chi connectivity index (χ4n) is 2.79. The van der Waals surface area contributed by atoms with Crippen LogP contribution in [0.25, 0.3) is 0 Å². The standard InChI is InChI=1S/C18H16N2O4S/c1-12-15-4-2-3-5-16(15)24-17(12)18(21)20-25(22,23)11-14-8-6-13(10-19)7-9-14/h2-9,12,17H,11H2,1H3,(H,20,21)/t12-,17+/m1/s1. The lowest BCUT2D eigenvalue weighted by atomic mass is 9.97. The van der Waals surface area contributed by atoms with E-state index in [0.29, 0.717) is 16.9 Å².